The Morgan fingerprint density at radius 1 is 1.25 bits per heavy atom. The molecule has 0 unspecified atom stereocenters. The normalized spacial score (nSPS) is 13.3. The number of rotatable bonds is 1. The van der Waals surface area contributed by atoms with Crippen LogP contribution in [-0.2, 0) is 0 Å². The zero-order valence-electron chi connectivity index (χ0n) is 9.14. The number of anilines is 1. The van der Waals surface area contributed by atoms with Gasteiger partial charge in [0, 0.05) is 23.2 Å². The molecule has 2 heterocycles. The van der Waals surface area contributed by atoms with E-state index in [2.05, 4.69) is 52.1 Å². The molecule has 0 aliphatic carbocycles. The van der Waals surface area contributed by atoms with Gasteiger partial charge in [-0.2, -0.15) is 0 Å². The second kappa shape index (κ2) is 3.52. The van der Waals surface area contributed by atoms with Crippen LogP contribution < -0.4 is 5.32 Å². The summed E-state index contributed by atoms with van der Waals surface area (Å²) in [5, 5.41) is 3.32. The van der Waals surface area contributed by atoms with Gasteiger partial charge in [-0.15, -0.1) is 0 Å². The zero-order chi connectivity index (χ0) is 11.0. The van der Waals surface area contributed by atoms with E-state index in [-0.39, 0.29) is 0 Å². The monoisotopic (exact) mass is 211 g/mol. The molecule has 3 rings (SSSR count). The number of nitrogens with zero attached hydrogens (tertiary/aromatic N) is 2. The Morgan fingerprint density at radius 2 is 2.06 bits per heavy atom. The Kier molecular flexibility index (Phi) is 2.03. The van der Waals surface area contributed by atoms with Crippen molar-refractivity contribution in [2.24, 2.45) is 4.99 Å². The number of hydrogen-bond acceptors (Lipinski definition) is 2. The quantitative estimate of drug-likeness (QED) is 0.771. The first-order valence-electron chi connectivity index (χ1n) is 5.38. The summed E-state index contributed by atoms with van der Waals surface area (Å²) in [4.78, 5) is 4.22. The maximum Gasteiger partial charge on any atom is 0.121 e. The summed E-state index contributed by atoms with van der Waals surface area (Å²) in [7, 11) is 0. The van der Waals surface area contributed by atoms with E-state index in [0.717, 1.165) is 11.4 Å². The Labute approximate surface area is 94.4 Å². The number of benzene rings is 1. The first-order valence-corrected chi connectivity index (χ1v) is 5.38. The van der Waals surface area contributed by atoms with Gasteiger partial charge in [0.1, 0.15) is 12.5 Å². The number of para-hydroxylation sites is 1. The molecule has 2 aromatic rings. The van der Waals surface area contributed by atoms with Gasteiger partial charge < -0.3 is 9.88 Å². The Bertz CT molecular complexity index is 538. The molecule has 1 N–H and O–H groups in total. The molecule has 16 heavy (non-hydrogen) atoms. The van der Waals surface area contributed by atoms with E-state index < -0.39 is 0 Å². The summed E-state index contributed by atoms with van der Waals surface area (Å²) in [6.45, 7) is 2.77. The second-order valence-corrected chi connectivity index (χ2v) is 3.91. The lowest BCUT2D eigenvalue weighted by atomic mass is 10.3. The summed E-state index contributed by atoms with van der Waals surface area (Å²) < 4.78 is 2.22. The first-order chi connectivity index (χ1) is 7.86. The molecular formula is C13H13N3. The topological polar surface area (TPSA) is 29.3 Å². The number of aromatic nitrogens is 1. The van der Waals surface area contributed by atoms with Crippen molar-refractivity contribution in [3.8, 4) is 5.69 Å². The SMILES string of the molecule is Cc1cc2c(n1-c1ccccc1)NCN=C2. The molecule has 0 saturated heterocycles. The smallest absolute Gasteiger partial charge is 0.121 e. The largest absolute Gasteiger partial charge is 0.352 e. The van der Waals surface area contributed by atoms with Gasteiger partial charge in [-0.05, 0) is 25.1 Å². The van der Waals surface area contributed by atoms with Crippen LogP contribution in [0.25, 0.3) is 5.69 Å². The molecule has 0 saturated carbocycles. The maximum atomic E-state index is 4.22. The van der Waals surface area contributed by atoms with Gasteiger partial charge in [-0.25, -0.2) is 0 Å². The predicted molar refractivity (Wildman–Crippen MR) is 66.6 cm³/mol. The van der Waals surface area contributed by atoms with Gasteiger partial charge >= 0.3 is 0 Å². The van der Waals surface area contributed by atoms with E-state index in [1.54, 1.807) is 0 Å². The third kappa shape index (κ3) is 1.33. The van der Waals surface area contributed by atoms with Crippen LogP contribution >= 0.6 is 0 Å². The fourth-order valence-electron chi connectivity index (χ4n) is 2.12. The van der Waals surface area contributed by atoms with Crippen LogP contribution in [0.3, 0.4) is 0 Å². The fourth-order valence-corrected chi connectivity index (χ4v) is 2.12. The van der Waals surface area contributed by atoms with Crippen molar-refractivity contribution in [3.63, 3.8) is 0 Å². The molecule has 0 bridgehead atoms. The molecule has 3 nitrogen and oxygen atoms in total. The van der Waals surface area contributed by atoms with Crippen molar-refractivity contribution >= 4 is 12.0 Å². The summed E-state index contributed by atoms with van der Waals surface area (Å²) in [5.74, 6) is 1.14. The molecule has 1 aliphatic rings. The summed E-state index contributed by atoms with van der Waals surface area (Å²) in [6.07, 6.45) is 1.93. The lowest BCUT2D eigenvalue weighted by Crippen LogP contribution is -2.11. The third-order valence-corrected chi connectivity index (χ3v) is 2.80. The number of aliphatic imine (C=N–C) groups is 1. The molecule has 0 radical (unpaired) electrons. The summed E-state index contributed by atoms with van der Waals surface area (Å²) >= 11 is 0. The van der Waals surface area contributed by atoms with E-state index in [4.69, 9.17) is 0 Å². The van der Waals surface area contributed by atoms with Crippen LogP contribution in [-0.4, -0.2) is 17.5 Å². The van der Waals surface area contributed by atoms with Crippen molar-refractivity contribution in [1.29, 1.82) is 0 Å². The van der Waals surface area contributed by atoms with E-state index in [0.29, 0.717) is 6.67 Å². The number of fused-ring (bicyclic) bond motifs is 1. The van der Waals surface area contributed by atoms with Gasteiger partial charge in [0.2, 0.25) is 0 Å². The molecule has 0 spiro atoms. The molecular weight excluding hydrogens is 198 g/mol. The highest BCUT2D eigenvalue weighted by Crippen LogP contribution is 2.26. The standard InChI is InChI=1S/C13H13N3/c1-10-7-11-8-14-9-15-13(11)16(10)12-5-3-2-4-6-12/h2-8,15H,9H2,1H3. The number of hydrogen-bond donors (Lipinski definition) is 1. The molecule has 1 aromatic carbocycles. The van der Waals surface area contributed by atoms with Gasteiger partial charge in [0.15, 0.2) is 0 Å². The van der Waals surface area contributed by atoms with Gasteiger partial charge in [0.25, 0.3) is 0 Å². The minimum Gasteiger partial charge on any atom is -0.352 e. The van der Waals surface area contributed by atoms with E-state index in [9.17, 15) is 0 Å². The second-order valence-electron chi connectivity index (χ2n) is 3.91. The number of nitrogens with one attached hydrogen (secondary N) is 1. The highest BCUT2D eigenvalue weighted by atomic mass is 15.2. The Hall–Kier alpha value is -2.03. The average molecular weight is 211 g/mol. The molecule has 1 aliphatic heterocycles. The highest BCUT2D eigenvalue weighted by Gasteiger charge is 2.14. The van der Waals surface area contributed by atoms with E-state index >= 15 is 0 Å². The molecule has 0 atom stereocenters. The number of aryl methyl sites for hydroxylation is 1. The van der Waals surface area contributed by atoms with Gasteiger partial charge in [-0.3, -0.25) is 4.99 Å². The lowest BCUT2D eigenvalue weighted by molar-refractivity contribution is 0.985. The van der Waals surface area contributed by atoms with Gasteiger partial charge in [0.05, 0.1) is 0 Å². The van der Waals surface area contributed by atoms with Crippen molar-refractivity contribution in [2.75, 3.05) is 12.0 Å². The molecule has 3 heteroatoms. The molecule has 80 valence electrons. The zero-order valence-corrected chi connectivity index (χ0v) is 9.14. The molecule has 0 amide bonds. The van der Waals surface area contributed by atoms with Crippen molar-refractivity contribution in [3.05, 3.63) is 47.7 Å². The van der Waals surface area contributed by atoms with Crippen molar-refractivity contribution < 1.29 is 0 Å². The lowest BCUT2D eigenvalue weighted by Gasteiger charge is -2.15. The fraction of sp³-hybridized carbons (Fsp3) is 0.154. The van der Waals surface area contributed by atoms with Crippen LogP contribution in [0.4, 0.5) is 5.82 Å². The minimum absolute atomic E-state index is 0.656. The van der Waals surface area contributed by atoms with Crippen LogP contribution in [0.2, 0.25) is 0 Å². The predicted octanol–water partition coefficient (Wildman–Crippen LogP) is 2.59. The third-order valence-electron chi connectivity index (χ3n) is 2.80. The van der Waals surface area contributed by atoms with Crippen LogP contribution in [0.1, 0.15) is 11.3 Å². The van der Waals surface area contributed by atoms with Crippen molar-refractivity contribution in [1.82, 2.24) is 4.57 Å². The van der Waals surface area contributed by atoms with E-state index in [1.807, 2.05) is 12.3 Å². The van der Waals surface area contributed by atoms with Crippen LogP contribution in [0.15, 0.2) is 41.4 Å². The van der Waals surface area contributed by atoms with E-state index in [1.165, 1.54) is 11.4 Å². The summed E-state index contributed by atoms with van der Waals surface area (Å²) in [6, 6.07) is 12.5. The maximum absolute atomic E-state index is 4.22. The van der Waals surface area contributed by atoms with Crippen molar-refractivity contribution in [2.45, 2.75) is 6.92 Å². The van der Waals surface area contributed by atoms with Crippen LogP contribution in [0.5, 0.6) is 0 Å². The summed E-state index contributed by atoms with van der Waals surface area (Å²) in [5.41, 5.74) is 3.56. The Morgan fingerprint density at radius 3 is 2.88 bits per heavy atom. The van der Waals surface area contributed by atoms with Crippen LogP contribution in [0, 0.1) is 6.92 Å². The molecule has 1 aromatic heterocycles. The van der Waals surface area contributed by atoms with Gasteiger partial charge in [-0.1, -0.05) is 18.2 Å². The average Bonchev–Trinajstić information content (AvgIpc) is 2.66. The Balaban J connectivity index is 2.21. The highest BCUT2D eigenvalue weighted by molar-refractivity contribution is 5.89. The molecule has 0 fully saturated rings. The minimum atomic E-state index is 0.656. The first kappa shape index (κ1) is 9.21.